The van der Waals surface area contributed by atoms with Gasteiger partial charge in [0.15, 0.2) is 6.10 Å². The standard InChI is InChI=1S/C27H26N2O6/c30-24(26(32)33)15-28-25(31)14-11-17-9-12-18(13-10-17)29-27(34)35-16-23-21-7-3-1-5-19(21)20-6-2-4-8-22(20)23/h1-10,12-13,23-24,30H,11,14-16H2,(H,28,31)(H,29,34)(H,32,33). The van der Waals surface area contributed by atoms with Crippen LogP contribution in [0.2, 0.25) is 0 Å². The summed E-state index contributed by atoms with van der Waals surface area (Å²) >= 11 is 0. The van der Waals surface area contributed by atoms with Crippen molar-refractivity contribution in [3.05, 3.63) is 89.5 Å². The van der Waals surface area contributed by atoms with Gasteiger partial charge in [-0.15, -0.1) is 0 Å². The average molecular weight is 475 g/mol. The number of carbonyl (C=O) groups excluding carboxylic acids is 2. The Morgan fingerprint density at radius 2 is 1.49 bits per heavy atom. The molecule has 0 bridgehead atoms. The van der Waals surface area contributed by atoms with Gasteiger partial charge in [0.25, 0.3) is 0 Å². The Bertz CT molecular complexity index is 1180. The Kier molecular flexibility index (Phi) is 7.42. The van der Waals surface area contributed by atoms with Crippen molar-refractivity contribution in [2.45, 2.75) is 24.9 Å². The molecule has 8 nitrogen and oxygen atoms in total. The number of ether oxygens (including phenoxy) is 1. The maximum atomic E-state index is 12.4. The van der Waals surface area contributed by atoms with Crippen LogP contribution in [0.1, 0.15) is 29.0 Å². The van der Waals surface area contributed by atoms with Crippen molar-refractivity contribution in [3.8, 4) is 11.1 Å². The Morgan fingerprint density at radius 3 is 2.09 bits per heavy atom. The third-order valence-electron chi connectivity index (χ3n) is 5.96. The molecule has 35 heavy (non-hydrogen) atoms. The van der Waals surface area contributed by atoms with Gasteiger partial charge in [-0.05, 0) is 46.4 Å². The zero-order chi connectivity index (χ0) is 24.8. The molecular weight excluding hydrogens is 448 g/mol. The summed E-state index contributed by atoms with van der Waals surface area (Å²) in [4.78, 5) is 34.8. The smallest absolute Gasteiger partial charge is 0.411 e. The second kappa shape index (κ2) is 10.8. The summed E-state index contributed by atoms with van der Waals surface area (Å²) < 4.78 is 5.55. The highest BCUT2D eigenvalue weighted by Crippen LogP contribution is 2.44. The number of amides is 2. The molecule has 0 aromatic heterocycles. The van der Waals surface area contributed by atoms with E-state index in [1.54, 1.807) is 24.3 Å². The van der Waals surface area contributed by atoms with Crippen LogP contribution >= 0.6 is 0 Å². The molecule has 3 aromatic rings. The SMILES string of the molecule is O=C(CCc1ccc(NC(=O)OCC2c3ccccc3-c3ccccc32)cc1)NCC(O)C(=O)O. The molecule has 0 radical (unpaired) electrons. The summed E-state index contributed by atoms with van der Waals surface area (Å²) in [6.45, 7) is -0.110. The van der Waals surface area contributed by atoms with E-state index in [-0.39, 0.29) is 31.4 Å². The minimum absolute atomic E-state index is 0.0155. The van der Waals surface area contributed by atoms with Crippen molar-refractivity contribution in [2.24, 2.45) is 0 Å². The fourth-order valence-corrected chi connectivity index (χ4v) is 4.15. The van der Waals surface area contributed by atoms with Gasteiger partial charge in [-0.1, -0.05) is 60.7 Å². The van der Waals surface area contributed by atoms with Gasteiger partial charge in [-0.25, -0.2) is 9.59 Å². The van der Waals surface area contributed by atoms with Crippen LogP contribution in [0.5, 0.6) is 0 Å². The Balaban J connectivity index is 1.26. The van der Waals surface area contributed by atoms with Crippen molar-refractivity contribution >= 4 is 23.7 Å². The number of aliphatic hydroxyl groups is 1. The lowest BCUT2D eigenvalue weighted by Gasteiger charge is -2.14. The van der Waals surface area contributed by atoms with E-state index in [1.807, 2.05) is 24.3 Å². The number of anilines is 1. The zero-order valence-electron chi connectivity index (χ0n) is 18.9. The molecule has 0 saturated heterocycles. The molecule has 0 saturated carbocycles. The van der Waals surface area contributed by atoms with Gasteiger partial charge >= 0.3 is 12.1 Å². The molecule has 1 aliphatic carbocycles. The van der Waals surface area contributed by atoms with Crippen molar-refractivity contribution in [1.29, 1.82) is 0 Å². The number of rotatable bonds is 9. The van der Waals surface area contributed by atoms with Gasteiger partial charge in [0.1, 0.15) is 6.61 Å². The molecule has 1 unspecified atom stereocenters. The third-order valence-corrected chi connectivity index (χ3v) is 5.96. The fraction of sp³-hybridized carbons (Fsp3) is 0.222. The van der Waals surface area contributed by atoms with Gasteiger partial charge < -0.3 is 20.3 Å². The highest BCUT2D eigenvalue weighted by molar-refractivity contribution is 5.85. The molecule has 1 aliphatic rings. The molecule has 4 N–H and O–H groups in total. The van der Waals surface area contributed by atoms with E-state index >= 15 is 0 Å². The number of aliphatic hydroxyl groups excluding tert-OH is 1. The maximum Gasteiger partial charge on any atom is 0.411 e. The molecule has 0 aliphatic heterocycles. The first-order chi connectivity index (χ1) is 16.9. The number of carboxylic acids is 1. The summed E-state index contributed by atoms with van der Waals surface area (Å²) in [5, 5.41) is 22.9. The highest BCUT2D eigenvalue weighted by Gasteiger charge is 2.29. The first-order valence-electron chi connectivity index (χ1n) is 11.3. The number of benzene rings is 3. The van der Waals surface area contributed by atoms with Crippen LogP contribution in [0.15, 0.2) is 72.8 Å². The van der Waals surface area contributed by atoms with E-state index in [2.05, 4.69) is 34.9 Å². The lowest BCUT2D eigenvalue weighted by molar-refractivity contribution is -0.146. The largest absolute Gasteiger partial charge is 0.479 e. The van der Waals surface area contributed by atoms with Crippen LogP contribution in [0.3, 0.4) is 0 Å². The number of hydrogen-bond donors (Lipinski definition) is 4. The van der Waals surface area contributed by atoms with Gasteiger partial charge in [-0.3, -0.25) is 10.1 Å². The number of aliphatic carboxylic acids is 1. The topological polar surface area (TPSA) is 125 Å². The summed E-state index contributed by atoms with van der Waals surface area (Å²) in [7, 11) is 0. The minimum Gasteiger partial charge on any atom is -0.479 e. The molecule has 8 heteroatoms. The van der Waals surface area contributed by atoms with E-state index < -0.39 is 18.2 Å². The van der Waals surface area contributed by atoms with Crippen LogP contribution in [0.4, 0.5) is 10.5 Å². The zero-order valence-corrected chi connectivity index (χ0v) is 18.9. The molecule has 0 spiro atoms. The maximum absolute atomic E-state index is 12.4. The molecule has 3 aromatic carbocycles. The quantitative estimate of drug-likeness (QED) is 0.376. The van der Waals surface area contributed by atoms with Crippen molar-refractivity contribution < 1.29 is 29.3 Å². The Hall–Kier alpha value is -4.17. The molecular formula is C27H26N2O6. The number of aryl methyl sites for hydroxylation is 1. The number of carbonyl (C=O) groups is 3. The first-order valence-corrected chi connectivity index (χ1v) is 11.3. The van der Waals surface area contributed by atoms with Crippen LogP contribution < -0.4 is 10.6 Å². The van der Waals surface area contributed by atoms with E-state index in [1.165, 1.54) is 11.1 Å². The number of fused-ring (bicyclic) bond motifs is 3. The highest BCUT2D eigenvalue weighted by atomic mass is 16.5. The average Bonchev–Trinajstić information content (AvgIpc) is 3.19. The summed E-state index contributed by atoms with van der Waals surface area (Å²) in [6.07, 6.45) is -1.59. The molecule has 0 fully saturated rings. The van der Waals surface area contributed by atoms with Gasteiger partial charge in [0.2, 0.25) is 5.91 Å². The van der Waals surface area contributed by atoms with Crippen molar-refractivity contribution in [3.63, 3.8) is 0 Å². The van der Waals surface area contributed by atoms with E-state index in [0.717, 1.165) is 16.7 Å². The lowest BCUT2D eigenvalue weighted by Crippen LogP contribution is -2.36. The summed E-state index contributed by atoms with van der Waals surface area (Å²) in [6, 6.07) is 23.3. The predicted molar refractivity (Wildman–Crippen MR) is 130 cm³/mol. The van der Waals surface area contributed by atoms with Crippen LogP contribution in [0, 0.1) is 0 Å². The molecule has 180 valence electrons. The van der Waals surface area contributed by atoms with Crippen LogP contribution in [0.25, 0.3) is 11.1 Å². The van der Waals surface area contributed by atoms with Crippen molar-refractivity contribution in [1.82, 2.24) is 5.32 Å². The molecule has 0 heterocycles. The number of nitrogens with one attached hydrogen (secondary N) is 2. The molecule has 1 atom stereocenters. The van der Waals surface area contributed by atoms with Gasteiger partial charge in [-0.2, -0.15) is 0 Å². The first kappa shape index (κ1) is 24.0. The normalized spacial score (nSPS) is 12.8. The predicted octanol–water partition coefficient (Wildman–Crippen LogP) is 3.54. The van der Waals surface area contributed by atoms with Gasteiger partial charge in [0.05, 0.1) is 6.54 Å². The van der Waals surface area contributed by atoms with Crippen LogP contribution in [-0.2, 0) is 20.7 Å². The number of carboxylic acid groups (broad SMARTS) is 1. The Labute approximate surface area is 202 Å². The Morgan fingerprint density at radius 1 is 0.886 bits per heavy atom. The lowest BCUT2D eigenvalue weighted by atomic mass is 9.98. The van der Waals surface area contributed by atoms with E-state index in [0.29, 0.717) is 12.1 Å². The monoisotopic (exact) mass is 474 g/mol. The molecule has 2 amide bonds. The summed E-state index contributed by atoms with van der Waals surface area (Å²) in [5.74, 6) is -1.76. The minimum atomic E-state index is -1.62. The van der Waals surface area contributed by atoms with Gasteiger partial charge in [0, 0.05) is 18.0 Å². The number of hydrogen-bond acceptors (Lipinski definition) is 5. The molecule has 4 rings (SSSR count). The van der Waals surface area contributed by atoms with E-state index in [9.17, 15) is 19.5 Å². The van der Waals surface area contributed by atoms with E-state index in [4.69, 9.17) is 9.84 Å². The summed E-state index contributed by atoms with van der Waals surface area (Å²) in [5.41, 5.74) is 6.07. The van der Waals surface area contributed by atoms with Crippen LogP contribution in [-0.4, -0.2) is 47.4 Å². The second-order valence-electron chi connectivity index (χ2n) is 8.31. The second-order valence-corrected chi connectivity index (χ2v) is 8.31. The van der Waals surface area contributed by atoms with Crippen molar-refractivity contribution in [2.75, 3.05) is 18.5 Å². The third kappa shape index (κ3) is 5.85. The fourth-order valence-electron chi connectivity index (χ4n) is 4.15.